The van der Waals surface area contributed by atoms with E-state index in [-0.39, 0.29) is 23.1 Å². The van der Waals surface area contributed by atoms with Gasteiger partial charge >= 0.3 is 12.1 Å². The fourth-order valence-electron chi connectivity index (χ4n) is 1.81. The topological polar surface area (TPSA) is 181 Å². The van der Waals surface area contributed by atoms with Crippen LogP contribution in [0, 0.1) is 10.4 Å². The summed E-state index contributed by atoms with van der Waals surface area (Å²) in [5, 5.41) is 52.7. The van der Waals surface area contributed by atoms with E-state index in [1.807, 2.05) is 0 Å². The summed E-state index contributed by atoms with van der Waals surface area (Å²) in [7, 11) is 0. The average Bonchev–Trinajstić information content (AvgIpc) is 2.48. The van der Waals surface area contributed by atoms with Gasteiger partial charge in [0.05, 0.1) is 5.69 Å². The van der Waals surface area contributed by atoms with Crippen molar-refractivity contribution in [1.82, 2.24) is 5.32 Å². The Balaban J connectivity index is 2.86. The Kier molecular flexibility index (Phi) is 6.97. The number of carbonyl (C=O) groups is 2. The second-order valence-electron chi connectivity index (χ2n) is 6.17. The highest BCUT2D eigenvalue weighted by molar-refractivity contribution is 5.81. The van der Waals surface area contributed by atoms with Crippen LogP contribution in [0.15, 0.2) is 18.2 Å². The number of carboxylic acids is 1. The largest absolute Gasteiger partial charge is 0.769 e. The normalized spacial score (nSPS) is 12.1. The molecule has 146 valence electrons. The summed E-state index contributed by atoms with van der Waals surface area (Å²) in [6.07, 6.45) is -0.943. The number of alkyl carbamates (subject to hydrolysis) is 1. The molecule has 0 heterocycles. The SMILES string of the molecule is CC(C)(C)OC(=O)N[C@@H](CNc1ccc(N([O-])[O-])cc1N(O)O)C(=O)O. The number of aliphatic carboxylic acids is 1. The summed E-state index contributed by atoms with van der Waals surface area (Å²) < 4.78 is 4.97. The summed E-state index contributed by atoms with van der Waals surface area (Å²) in [6, 6.07) is 1.73. The third-order valence-electron chi connectivity index (χ3n) is 2.89. The third-order valence-corrected chi connectivity index (χ3v) is 2.89. The number of anilines is 3. The van der Waals surface area contributed by atoms with Crippen LogP contribution in [0.2, 0.25) is 0 Å². The van der Waals surface area contributed by atoms with Crippen molar-refractivity contribution in [3.8, 4) is 0 Å². The van der Waals surface area contributed by atoms with Crippen molar-refractivity contribution in [1.29, 1.82) is 0 Å². The van der Waals surface area contributed by atoms with Crippen LogP contribution in [0.1, 0.15) is 20.8 Å². The Morgan fingerprint density at radius 2 is 1.88 bits per heavy atom. The van der Waals surface area contributed by atoms with Gasteiger partial charge < -0.3 is 36.1 Å². The monoisotopic (exact) mass is 372 g/mol. The van der Waals surface area contributed by atoms with Crippen molar-refractivity contribution in [3.63, 3.8) is 0 Å². The number of ether oxygens (including phenoxy) is 1. The fourth-order valence-corrected chi connectivity index (χ4v) is 1.81. The molecule has 0 aliphatic heterocycles. The minimum Gasteiger partial charge on any atom is -0.769 e. The molecule has 12 heteroatoms. The molecule has 5 N–H and O–H groups in total. The number of benzene rings is 1. The lowest BCUT2D eigenvalue weighted by Gasteiger charge is -2.38. The quantitative estimate of drug-likeness (QED) is 0.437. The number of carboxylic acid groups (broad SMARTS) is 1. The molecule has 26 heavy (non-hydrogen) atoms. The molecule has 0 unspecified atom stereocenters. The van der Waals surface area contributed by atoms with Crippen LogP contribution < -0.4 is 21.1 Å². The van der Waals surface area contributed by atoms with Gasteiger partial charge in [-0.05, 0) is 39.0 Å². The predicted molar refractivity (Wildman–Crippen MR) is 91.0 cm³/mol. The Morgan fingerprint density at radius 1 is 1.27 bits per heavy atom. The van der Waals surface area contributed by atoms with Crippen LogP contribution in [0.3, 0.4) is 0 Å². The molecule has 0 radical (unpaired) electrons. The second kappa shape index (κ2) is 8.53. The number of carbonyl (C=O) groups excluding carboxylic acids is 1. The zero-order valence-electron chi connectivity index (χ0n) is 14.3. The van der Waals surface area contributed by atoms with Crippen LogP contribution in [0.25, 0.3) is 0 Å². The number of nitrogens with one attached hydrogen (secondary N) is 2. The van der Waals surface area contributed by atoms with Crippen LogP contribution in [-0.2, 0) is 9.53 Å². The number of hydrogen-bond acceptors (Lipinski definition) is 10. The van der Waals surface area contributed by atoms with Crippen LogP contribution in [-0.4, -0.2) is 45.8 Å². The molecule has 0 aromatic heterocycles. The summed E-state index contributed by atoms with van der Waals surface area (Å²) in [5.41, 5.74) is -1.60. The van der Waals surface area contributed by atoms with Gasteiger partial charge in [-0.25, -0.2) is 9.59 Å². The van der Waals surface area contributed by atoms with Crippen LogP contribution in [0.4, 0.5) is 21.9 Å². The molecule has 0 fully saturated rings. The van der Waals surface area contributed by atoms with Crippen molar-refractivity contribution in [2.75, 3.05) is 22.3 Å². The number of hydrogen-bond donors (Lipinski definition) is 5. The van der Waals surface area contributed by atoms with Crippen LogP contribution in [0.5, 0.6) is 0 Å². The Hall–Kier alpha value is -2.80. The fraction of sp³-hybridized carbons (Fsp3) is 0.429. The van der Waals surface area contributed by atoms with Gasteiger partial charge in [0.25, 0.3) is 0 Å². The van der Waals surface area contributed by atoms with Crippen molar-refractivity contribution < 1.29 is 29.8 Å². The first-order chi connectivity index (χ1) is 11.9. The van der Waals surface area contributed by atoms with E-state index >= 15 is 0 Å². The summed E-state index contributed by atoms with van der Waals surface area (Å²) in [6.45, 7) is 4.48. The average molecular weight is 372 g/mol. The van der Waals surface area contributed by atoms with Gasteiger partial charge in [0, 0.05) is 12.2 Å². The van der Waals surface area contributed by atoms with E-state index in [1.165, 1.54) is 6.07 Å². The second-order valence-corrected chi connectivity index (χ2v) is 6.17. The van der Waals surface area contributed by atoms with E-state index in [4.69, 9.17) is 4.74 Å². The highest BCUT2D eigenvalue weighted by Gasteiger charge is 2.24. The van der Waals surface area contributed by atoms with Gasteiger partial charge in [0.15, 0.2) is 0 Å². The Labute approximate surface area is 148 Å². The maximum atomic E-state index is 11.7. The van der Waals surface area contributed by atoms with Gasteiger partial charge in [-0.2, -0.15) is 0 Å². The molecular formula is C14H20N4O8-2. The van der Waals surface area contributed by atoms with Gasteiger partial charge in [0.1, 0.15) is 17.3 Å². The summed E-state index contributed by atoms with van der Waals surface area (Å²) >= 11 is 0. The first-order valence-electron chi connectivity index (χ1n) is 7.33. The molecule has 0 saturated carbocycles. The molecule has 1 aromatic rings. The summed E-state index contributed by atoms with van der Waals surface area (Å²) in [4.78, 5) is 23.0. The molecule has 0 saturated heterocycles. The van der Waals surface area contributed by atoms with Crippen molar-refractivity contribution in [2.45, 2.75) is 32.4 Å². The van der Waals surface area contributed by atoms with E-state index < -0.39 is 34.6 Å². The first-order valence-corrected chi connectivity index (χ1v) is 7.33. The molecule has 1 rings (SSSR count). The lowest BCUT2D eigenvalue weighted by molar-refractivity contribution is -0.139. The number of rotatable bonds is 7. The molecule has 1 amide bonds. The molecule has 1 aromatic carbocycles. The highest BCUT2D eigenvalue weighted by atomic mass is 16.8. The molecule has 0 bridgehead atoms. The molecular weight excluding hydrogens is 352 g/mol. The Bertz CT molecular complexity index is 644. The van der Waals surface area contributed by atoms with Crippen molar-refractivity contribution in [2.24, 2.45) is 0 Å². The number of nitrogens with zero attached hydrogens (tertiary/aromatic N) is 2. The van der Waals surface area contributed by atoms with Gasteiger partial charge in [0.2, 0.25) is 0 Å². The lowest BCUT2D eigenvalue weighted by Crippen LogP contribution is -2.47. The molecule has 1 atom stereocenters. The molecule has 0 spiro atoms. The van der Waals surface area contributed by atoms with E-state index in [2.05, 4.69) is 10.6 Å². The zero-order valence-corrected chi connectivity index (χ0v) is 14.3. The lowest BCUT2D eigenvalue weighted by atomic mass is 10.2. The molecule has 0 aliphatic rings. The zero-order chi connectivity index (χ0) is 20.1. The minimum absolute atomic E-state index is 0.00200. The molecule has 0 aliphatic carbocycles. The van der Waals surface area contributed by atoms with Gasteiger partial charge in [-0.3, -0.25) is 10.4 Å². The number of amides is 1. The third kappa shape index (κ3) is 6.60. The molecule has 12 nitrogen and oxygen atoms in total. The van der Waals surface area contributed by atoms with Gasteiger partial charge in [-0.15, -0.1) is 5.23 Å². The standard InChI is InChI=1S/C14H20N4O8/c1-14(2,3)26-13(21)16-10(12(19)20)7-15-9-5-4-8(17(22)23)6-11(9)18(24)25/h4-6,10,15,24-25H,7H2,1-3H3,(H,16,21)(H,19,20)/q-2/t10-/m0/s1. The van der Waals surface area contributed by atoms with Crippen molar-refractivity contribution >= 4 is 29.1 Å². The van der Waals surface area contributed by atoms with E-state index in [1.54, 1.807) is 20.8 Å². The Morgan fingerprint density at radius 3 is 2.35 bits per heavy atom. The minimum atomic E-state index is -1.40. The maximum Gasteiger partial charge on any atom is 0.408 e. The van der Waals surface area contributed by atoms with E-state index in [0.717, 1.165) is 12.1 Å². The predicted octanol–water partition coefficient (Wildman–Crippen LogP) is 1.46. The maximum absolute atomic E-state index is 11.7. The van der Waals surface area contributed by atoms with E-state index in [9.17, 15) is 35.5 Å². The smallest absolute Gasteiger partial charge is 0.408 e. The first kappa shape index (κ1) is 21.2. The van der Waals surface area contributed by atoms with Gasteiger partial charge in [-0.1, -0.05) is 0 Å². The van der Waals surface area contributed by atoms with Crippen LogP contribution >= 0.6 is 0 Å². The van der Waals surface area contributed by atoms with E-state index in [0.29, 0.717) is 0 Å². The summed E-state index contributed by atoms with van der Waals surface area (Å²) in [5.74, 6) is -1.36. The highest BCUT2D eigenvalue weighted by Crippen LogP contribution is 2.29. The van der Waals surface area contributed by atoms with Crippen molar-refractivity contribution in [3.05, 3.63) is 28.6 Å².